The van der Waals surface area contributed by atoms with Crippen molar-refractivity contribution in [3.8, 4) is 5.88 Å². The highest BCUT2D eigenvalue weighted by atomic mass is 16.5. The summed E-state index contributed by atoms with van der Waals surface area (Å²) in [5, 5.41) is 3.43. The average molecular weight is 205 g/mol. The van der Waals surface area contributed by atoms with Crippen molar-refractivity contribution in [2.45, 2.75) is 18.9 Å². The van der Waals surface area contributed by atoms with Crippen molar-refractivity contribution < 1.29 is 4.74 Å². The van der Waals surface area contributed by atoms with E-state index < -0.39 is 0 Å². The van der Waals surface area contributed by atoms with Crippen molar-refractivity contribution in [2.75, 3.05) is 30.4 Å². The van der Waals surface area contributed by atoms with Gasteiger partial charge in [0, 0.05) is 25.2 Å². The summed E-state index contributed by atoms with van der Waals surface area (Å²) in [6, 6.07) is 4.58. The molecule has 0 bridgehead atoms. The minimum absolute atomic E-state index is 0.622. The van der Waals surface area contributed by atoms with Gasteiger partial charge in [0.1, 0.15) is 0 Å². The van der Waals surface area contributed by atoms with Crippen molar-refractivity contribution >= 4 is 11.5 Å². The standard InChI is InChI=1S/C11H15N3O/c1-15-10-5-4-9-11(13-10)14-6-2-3-8(14)7-12-9/h4-5,8,12H,2-3,6-7H2,1H3. The summed E-state index contributed by atoms with van der Waals surface area (Å²) < 4.78 is 5.16. The van der Waals surface area contributed by atoms with E-state index in [0.717, 1.165) is 24.6 Å². The van der Waals surface area contributed by atoms with E-state index in [1.54, 1.807) is 7.11 Å². The second-order valence-corrected chi connectivity index (χ2v) is 4.10. The Morgan fingerprint density at radius 3 is 3.33 bits per heavy atom. The van der Waals surface area contributed by atoms with Crippen LogP contribution in [0.5, 0.6) is 5.88 Å². The van der Waals surface area contributed by atoms with Gasteiger partial charge in [0.05, 0.1) is 12.8 Å². The molecular formula is C11H15N3O. The smallest absolute Gasteiger partial charge is 0.215 e. The lowest BCUT2D eigenvalue weighted by Gasteiger charge is -2.33. The van der Waals surface area contributed by atoms with Gasteiger partial charge in [0.25, 0.3) is 0 Å². The van der Waals surface area contributed by atoms with Gasteiger partial charge in [-0.1, -0.05) is 0 Å². The predicted octanol–water partition coefficient (Wildman–Crippen LogP) is 1.48. The fourth-order valence-electron chi connectivity index (χ4n) is 2.46. The normalized spacial score (nSPS) is 23.0. The first-order chi connectivity index (χ1) is 7.38. The Balaban J connectivity index is 2.03. The molecule has 1 N–H and O–H groups in total. The largest absolute Gasteiger partial charge is 0.481 e. The maximum absolute atomic E-state index is 5.16. The number of rotatable bonds is 1. The van der Waals surface area contributed by atoms with Crippen molar-refractivity contribution in [2.24, 2.45) is 0 Å². The molecule has 3 rings (SSSR count). The van der Waals surface area contributed by atoms with Crippen LogP contribution in [0.4, 0.5) is 11.5 Å². The van der Waals surface area contributed by atoms with E-state index in [0.29, 0.717) is 11.9 Å². The average Bonchev–Trinajstić information content (AvgIpc) is 2.76. The number of hydrogen-bond donors (Lipinski definition) is 1. The summed E-state index contributed by atoms with van der Waals surface area (Å²) in [5.41, 5.74) is 1.13. The minimum atomic E-state index is 0.622. The molecule has 0 radical (unpaired) electrons. The highest BCUT2D eigenvalue weighted by Gasteiger charge is 2.31. The first-order valence-electron chi connectivity index (χ1n) is 5.44. The molecule has 1 fully saturated rings. The Morgan fingerprint density at radius 2 is 2.47 bits per heavy atom. The van der Waals surface area contributed by atoms with Crippen LogP contribution in [-0.2, 0) is 0 Å². The molecule has 80 valence electrons. The van der Waals surface area contributed by atoms with Crippen molar-refractivity contribution in [3.63, 3.8) is 0 Å². The van der Waals surface area contributed by atoms with Gasteiger partial charge in [-0.05, 0) is 18.9 Å². The van der Waals surface area contributed by atoms with Gasteiger partial charge in [0.2, 0.25) is 5.88 Å². The highest BCUT2D eigenvalue weighted by Crippen LogP contribution is 2.35. The highest BCUT2D eigenvalue weighted by molar-refractivity contribution is 5.69. The van der Waals surface area contributed by atoms with E-state index in [9.17, 15) is 0 Å². The van der Waals surface area contributed by atoms with E-state index in [1.807, 2.05) is 6.07 Å². The Labute approximate surface area is 89.3 Å². The number of methoxy groups -OCH3 is 1. The lowest BCUT2D eigenvalue weighted by molar-refractivity contribution is 0.397. The zero-order valence-electron chi connectivity index (χ0n) is 8.86. The maximum Gasteiger partial charge on any atom is 0.215 e. The van der Waals surface area contributed by atoms with Gasteiger partial charge in [0.15, 0.2) is 5.82 Å². The van der Waals surface area contributed by atoms with Crippen LogP contribution in [0, 0.1) is 0 Å². The van der Waals surface area contributed by atoms with Gasteiger partial charge in [-0.15, -0.1) is 0 Å². The number of nitrogens with one attached hydrogen (secondary N) is 1. The molecule has 2 aliphatic heterocycles. The van der Waals surface area contributed by atoms with Crippen LogP contribution in [0.15, 0.2) is 12.1 Å². The van der Waals surface area contributed by atoms with Gasteiger partial charge in [-0.2, -0.15) is 4.98 Å². The molecule has 4 heteroatoms. The van der Waals surface area contributed by atoms with Crippen molar-refractivity contribution in [1.29, 1.82) is 0 Å². The topological polar surface area (TPSA) is 37.4 Å². The van der Waals surface area contributed by atoms with Gasteiger partial charge < -0.3 is 15.0 Å². The second-order valence-electron chi connectivity index (χ2n) is 4.10. The maximum atomic E-state index is 5.16. The molecule has 2 aliphatic rings. The summed E-state index contributed by atoms with van der Waals surface area (Å²) in [4.78, 5) is 6.91. The van der Waals surface area contributed by atoms with Crippen LogP contribution < -0.4 is 15.0 Å². The van der Waals surface area contributed by atoms with Crippen LogP contribution in [0.3, 0.4) is 0 Å². The molecular weight excluding hydrogens is 190 g/mol. The molecule has 1 saturated heterocycles. The summed E-state index contributed by atoms with van der Waals surface area (Å²) >= 11 is 0. The second kappa shape index (κ2) is 3.29. The molecule has 0 spiro atoms. The van der Waals surface area contributed by atoms with Crippen LogP contribution in [0.2, 0.25) is 0 Å². The minimum Gasteiger partial charge on any atom is -0.481 e. The van der Waals surface area contributed by atoms with Gasteiger partial charge in [-0.3, -0.25) is 0 Å². The van der Waals surface area contributed by atoms with E-state index in [2.05, 4.69) is 21.3 Å². The molecule has 1 atom stereocenters. The van der Waals surface area contributed by atoms with Crippen LogP contribution in [-0.4, -0.2) is 31.2 Å². The molecule has 1 aromatic heterocycles. The fraction of sp³-hybridized carbons (Fsp3) is 0.545. The fourth-order valence-corrected chi connectivity index (χ4v) is 2.46. The predicted molar refractivity (Wildman–Crippen MR) is 59.6 cm³/mol. The molecule has 1 aromatic rings. The first-order valence-corrected chi connectivity index (χ1v) is 5.44. The summed E-state index contributed by atoms with van der Waals surface area (Å²) in [6.45, 7) is 2.17. The third-order valence-corrected chi connectivity index (χ3v) is 3.24. The number of nitrogens with zero attached hydrogens (tertiary/aromatic N) is 2. The summed E-state index contributed by atoms with van der Waals surface area (Å²) in [6.07, 6.45) is 2.54. The van der Waals surface area contributed by atoms with E-state index >= 15 is 0 Å². The molecule has 4 nitrogen and oxygen atoms in total. The zero-order valence-corrected chi connectivity index (χ0v) is 8.86. The van der Waals surface area contributed by atoms with Gasteiger partial charge in [-0.25, -0.2) is 0 Å². The molecule has 0 saturated carbocycles. The Hall–Kier alpha value is -1.45. The van der Waals surface area contributed by atoms with E-state index in [1.165, 1.54) is 12.8 Å². The molecule has 3 heterocycles. The number of fused-ring (bicyclic) bond motifs is 3. The molecule has 0 aromatic carbocycles. The van der Waals surface area contributed by atoms with E-state index in [-0.39, 0.29) is 0 Å². The number of ether oxygens (including phenoxy) is 1. The summed E-state index contributed by atoms with van der Waals surface area (Å²) in [5.74, 6) is 1.76. The summed E-state index contributed by atoms with van der Waals surface area (Å²) in [7, 11) is 1.66. The number of hydrogen-bond acceptors (Lipinski definition) is 4. The number of aromatic nitrogens is 1. The lowest BCUT2D eigenvalue weighted by Crippen LogP contribution is -2.39. The molecule has 0 amide bonds. The quantitative estimate of drug-likeness (QED) is 0.753. The molecule has 0 aliphatic carbocycles. The Kier molecular flexibility index (Phi) is 1.94. The zero-order chi connectivity index (χ0) is 10.3. The Morgan fingerprint density at radius 1 is 1.53 bits per heavy atom. The number of pyridine rings is 1. The third-order valence-electron chi connectivity index (χ3n) is 3.24. The van der Waals surface area contributed by atoms with Crippen LogP contribution in [0.1, 0.15) is 12.8 Å². The van der Waals surface area contributed by atoms with Crippen molar-refractivity contribution in [3.05, 3.63) is 12.1 Å². The lowest BCUT2D eigenvalue weighted by atomic mass is 10.1. The molecule has 1 unspecified atom stereocenters. The molecule has 15 heavy (non-hydrogen) atoms. The SMILES string of the molecule is COc1ccc2c(n1)N1CCCC1CN2. The van der Waals surface area contributed by atoms with Crippen LogP contribution >= 0.6 is 0 Å². The third kappa shape index (κ3) is 1.32. The van der Waals surface area contributed by atoms with Crippen molar-refractivity contribution in [1.82, 2.24) is 4.98 Å². The van der Waals surface area contributed by atoms with Crippen LogP contribution in [0.25, 0.3) is 0 Å². The monoisotopic (exact) mass is 205 g/mol. The number of anilines is 2. The van der Waals surface area contributed by atoms with E-state index in [4.69, 9.17) is 4.74 Å². The Bertz CT molecular complexity index is 380. The first kappa shape index (κ1) is 8.83. The van der Waals surface area contributed by atoms with Gasteiger partial charge >= 0.3 is 0 Å².